The van der Waals surface area contributed by atoms with Crippen molar-refractivity contribution < 1.29 is 79.8 Å². The third kappa shape index (κ3) is 6.48. The highest BCUT2D eigenvalue weighted by atomic mass is 32.3. The number of rotatable bonds is 8. The van der Waals surface area contributed by atoms with Crippen LogP contribution >= 0.6 is 0 Å². The molecule has 0 spiro atoms. The van der Waals surface area contributed by atoms with Crippen molar-refractivity contribution in [3.05, 3.63) is 0 Å². The second-order valence-corrected chi connectivity index (χ2v) is 8.92. The highest BCUT2D eigenvalue weighted by molar-refractivity contribution is 7.83. The largest absolute Gasteiger partial charge is 0.479 e. The van der Waals surface area contributed by atoms with Gasteiger partial charge in [0.1, 0.15) is 36.6 Å². The summed E-state index contributed by atoms with van der Waals surface area (Å²) < 4.78 is 82.6. The maximum Gasteiger partial charge on any atom is 0.397 e. The molecular weight excluding hydrogens is 494 g/mol. The zero-order valence-corrected chi connectivity index (χ0v) is 17.2. The molecule has 2 saturated heterocycles. The number of nitrogens with one attached hydrogen (secondary N) is 1. The van der Waals surface area contributed by atoms with Crippen LogP contribution in [0.5, 0.6) is 0 Å². The van der Waals surface area contributed by atoms with Crippen molar-refractivity contribution in [3.8, 4) is 0 Å². The Hall–Kier alpha value is -1.11. The smallest absolute Gasteiger partial charge is 0.397 e. The van der Waals surface area contributed by atoms with Gasteiger partial charge in [0.15, 0.2) is 24.8 Å². The van der Waals surface area contributed by atoms with Crippen LogP contribution in [0, 0.1) is 0 Å². The number of carboxylic acid groups (broad SMARTS) is 1. The van der Waals surface area contributed by atoms with E-state index in [9.17, 15) is 47.2 Å². The van der Waals surface area contributed by atoms with Crippen LogP contribution in [0.2, 0.25) is 0 Å². The maximum absolute atomic E-state index is 11.3. The Morgan fingerprint density at radius 1 is 0.938 bits per heavy atom. The SMILES string of the molecule is O=C(O)[C@H]1O[C@@H](O[C@H]2[C@H](O)[C@@H](NS(=O)(=O)O)[C@@H](O)O[C@@H]2CO)[C@H](OS(=O)(=O)O)[C@@H](O)[C@@H]1O. The molecule has 0 saturated carbocycles. The molecule has 0 amide bonds. The van der Waals surface area contributed by atoms with E-state index in [0.717, 1.165) is 0 Å². The number of hydrogen-bond acceptors (Lipinski definition) is 14. The summed E-state index contributed by atoms with van der Waals surface area (Å²) in [4.78, 5) is 11.3. The predicted octanol–water partition coefficient (Wildman–Crippen LogP) is -6.08. The molecule has 188 valence electrons. The summed E-state index contributed by atoms with van der Waals surface area (Å²) in [5, 5.41) is 58.7. The van der Waals surface area contributed by atoms with Crippen molar-refractivity contribution >= 4 is 26.7 Å². The maximum atomic E-state index is 11.3. The number of carbonyl (C=O) groups is 1. The van der Waals surface area contributed by atoms with Crippen molar-refractivity contribution in [2.45, 2.75) is 61.3 Å². The first-order valence-electron chi connectivity index (χ1n) is 8.48. The van der Waals surface area contributed by atoms with Gasteiger partial charge in [0.05, 0.1) is 6.61 Å². The highest BCUT2D eigenvalue weighted by Crippen LogP contribution is 2.30. The Labute approximate surface area is 179 Å². The van der Waals surface area contributed by atoms with E-state index in [2.05, 4.69) is 4.18 Å². The van der Waals surface area contributed by atoms with Crippen LogP contribution in [-0.4, -0.2) is 131 Å². The fraction of sp³-hybridized carbons (Fsp3) is 0.917. The molecule has 2 fully saturated rings. The first kappa shape index (κ1) is 27.1. The number of carboxylic acids is 1. The quantitative estimate of drug-likeness (QED) is 0.136. The Kier molecular flexibility index (Phi) is 8.50. The van der Waals surface area contributed by atoms with Crippen LogP contribution in [0.3, 0.4) is 0 Å². The van der Waals surface area contributed by atoms with E-state index >= 15 is 0 Å². The van der Waals surface area contributed by atoms with Crippen molar-refractivity contribution in [2.75, 3.05) is 6.61 Å². The van der Waals surface area contributed by atoms with E-state index in [4.69, 9.17) is 28.4 Å². The van der Waals surface area contributed by atoms with Gasteiger partial charge in [-0.05, 0) is 0 Å². The Morgan fingerprint density at radius 2 is 1.53 bits per heavy atom. The van der Waals surface area contributed by atoms with Crippen LogP contribution < -0.4 is 4.72 Å². The van der Waals surface area contributed by atoms with E-state index in [1.165, 1.54) is 4.72 Å². The summed E-state index contributed by atoms with van der Waals surface area (Å²) >= 11 is 0. The van der Waals surface area contributed by atoms with Gasteiger partial charge in [0, 0.05) is 0 Å². The van der Waals surface area contributed by atoms with Crippen LogP contribution in [0.1, 0.15) is 0 Å². The van der Waals surface area contributed by atoms with E-state index in [1.807, 2.05) is 0 Å². The minimum Gasteiger partial charge on any atom is -0.479 e. The van der Waals surface area contributed by atoms with Crippen LogP contribution in [-0.2, 0) is 43.9 Å². The number of aliphatic hydroxyl groups is 5. The molecule has 32 heavy (non-hydrogen) atoms. The molecule has 20 heteroatoms. The van der Waals surface area contributed by atoms with Gasteiger partial charge >= 0.3 is 26.7 Å². The molecule has 0 aromatic heterocycles. The second kappa shape index (κ2) is 10.0. The molecular formula is C12H21NO17S2. The number of aliphatic hydroxyl groups excluding tert-OH is 5. The second-order valence-electron chi connectivity index (χ2n) is 6.69. The Bertz CT molecular complexity index is 878. The number of ether oxygens (including phenoxy) is 3. The van der Waals surface area contributed by atoms with Gasteiger partial charge in [0.2, 0.25) is 0 Å². The summed E-state index contributed by atoms with van der Waals surface area (Å²) in [5.74, 6) is -1.85. The Morgan fingerprint density at radius 3 is 2.00 bits per heavy atom. The van der Waals surface area contributed by atoms with Crippen molar-refractivity contribution in [2.24, 2.45) is 0 Å². The lowest BCUT2D eigenvalue weighted by molar-refractivity contribution is -0.336. The monoisotopic (exact) mass is 515 g/mol. The number of hydrogen-bond donors (Lipinski definition) is 9. The first-order valence-corrected chi connectivity index (χ1v) is 11.3. The fourth-order valence-electron chi connectivity index (χ4n) is 3.10. The average Bonchev–Trinajstić information content (AvgIpc) is 2.64. The summed E-state index contributed by atoms with van der Waals surface area (Å²) in [7, 11) is -10.4. The molecule has 0 radical (unpaired) electrons. The molecule has 2 aliphatic rings. The molecule has 10 atom stereocenters. The van der Waals surface area contributed by atoms with Gasteiger partial charge in [0.25, 0.3) is 0 Å². The van der Waals surface area contributed by atoms with Gasteiger partial charge in [-0.1, -0.05) is 0 Å². The lowest BCUT2D eigenvalue weighted by atomic mass is 9.96. The summed E-state index contributed by atoms with van der Waals surface area (Å²) in [6.45, 7) is -1.01. The highest BCUT2D eigenvalue weighted by Gasteiger charge is 2.54. The molecule has 0 aromatic rings. The summed E-state index contributed by atoms with van der Waals surface area (Å²) in [6.07, 6.45) is -19.4. The molecule has 9 N–H and O–H groups in total. The summed E-state index contributed by atoms with van der Waals surface area (Å²) in [5.41, 5.74) is 0. The third-order valence-electron chi connectivity index (χ3n) is 4.47. The molecule has 0 bridgehead atoms. The lowest BCUT2D eigenvalue weighted by Crippen LogP contribution is -2.67. The van der Waals surface area contributed by atoms with Crippen molar-refractivity contribution in [1.29, 1.82) is 0 Å². The first-order chi connectivity index (χ1) is 14.6. The third-order valence-corrected chi connectivity index (χ3v) is 5.51. The topological polar surface area (TPSA) is 296 Å². The van der Waals surface area contributed by atoms with Gasteiger partial charge in [-0.15, -0.1) is 0 Å². The molecule has 0 aliphatic carbocycles. The van der Waals surface area contributed by atoms with E-state index in [1.54, 1.807) is 0 Å². The molecule has 2 aliphatic heterocycles. The van der Waals surface area contributed by atoms with Gasteiger partial charge < -0.3 is 44.8 Å². The standard InChI is InChI=1S/C12H21NO17S2/c14-1-2-7(4(15)3(11(20)27-2)13-31(21,22)23)28-12-9(30-32(24,25)26)6(17)5(16)8(29-12)10(18)19/h2-9,11-17,20H,1H2,(H,18,19)(H,21,22,23)(H,24,25,26)/t2-,3-,4-,5+,6+,7-,8+,9-,11+,12-/m1/s1. The Balaban J connectivity index is 2.38. The minimum atomic E-state index is -5.35. The normalized spacial score (nSPS) is 41.3. The van der Waals surface area contributed by atoms with Crippen molar-refractivity contribution in [1.82, 2.24) is 4.72 Å². The molecule has 2 rings (SSSR count). The summed E-state index contributed by atoms with van der Waals surface area (Å²) in [6, 6.07) is -2.02. The molecule has 18 nitrogen and oxygen atoms in total. The zero-order valence-electron chi connectivity index (χ0n) is 15.5. The fourth-order valence-corrected chi connectivity index (χ4v) is 4.18. The average molecular weight is 515 g/mol. The van der Waals surface area contributed by atoms with Crippen LogP contribution in [0.15, 0.2) is 0 Å². The molecule has 0 unspecified atom stereocenters. The van der Waals surface area contributed by atoms with Crippen LogP contribution in [0.4, 0.5) is 0 Å². The van der Waals surface area contributed by atoms with Crippen LogP contribution in [0.25, 0.3) is 0 Å². The van der Waals surface area contributed by atoms with Crippen molar-refractivity contribution in [3.63, 3.8) is 0 Å². The van der Waals surface area contributed by atoms with E-state index in [-0.39, 0.29) is 0 Å². The zero-order chi connectivity index (χ0) is 24.6. The van der Waals surface area contributed by atoms with Gasteiger partial charge in [-0.2, -0.15) is 21.6 Å². The van der Waals surface area contributed by atoms with Gasteiger partial charge in [-0.3, -0.25) is 9.11 Å². The lowest BCUT2D eigenvalue weighted by Gasteiger charge is -2.46. The minimum absolute atomic E-state index is 1.01. The number of aliphatic carboxylic acids is 1. The predicted molar refractivity (Wildman–Crippen MR) is 92.0 cm³/mol. The van der Waals surface area contributed by atoms with E-state index in [0.29, 0.717) is 0 Å². The van der Waals surface area contributed by atoms with Gasteiger partial charge in [-0.25, -0.2) is 8.98 Å². The van der Waals surface area contributed by atoms with E-state index < -0.39 is 94.6 Å². The molecule has 0 aromatic carbocycles. The molecule has 2 heterocycles.